The Morgan fingerprint density at radius 2 is 1.79 bits per heavy atom. The number of ether oxygens (including phenoxy) is 1. The fraction of sp³-hybridized carbons (Fsp3) is 0.0952. The topological polar surface area (TPSA) is 74.0 Å². The van der Waals surface area contributed by atoms with Crippen LogP contribution in [0.2, 0.25) is 20.1 Å². The molecule has 7 nitrogen and oxygen atoms in total. The lowest BCUT2D eigenvalue weighted by molar-refractivity contribution is 0.101. The molecule has 0 atom stereocenters. The average Bonchev–Trinajstić information content (AvgIpc) is 3.37. The van der Waals surface area contributed by atoms with Gasteiger partial charge in [-0.3, -0.25) is 9.48 Å². The molecular formula is C21H14BrCl4N5O2. The molecule has 0 spiro atoms. The van der Waals surface area contributed by atoms with Crippen LogP contribution in [0.5, 0.6) is 5.75 Å². The van der Waals surface area contributed by atoms with Crippen LogP contribution in [-0.2, 0) is 13.3 Å². The number of carbonyl (C=O) groups is 1. The number of aromatic nitrogens is 4. The standard InChI is InChI=1S/C21H14BrCl4N5O2/c22-14-8-13(23)2-4-19(14)33-11-30-6-5-18(28-30)21(32)27-20-17(26)10-31(29-20)9-12-1-3-15(24)16(25)7-12/h1-8,10H,9,11H2,(H,27,29,32). The van der Waals surface area contributed by atoms with Gasteiger partial charge in [-0.2, -0.15) is 10.2 Å². The van der Waals surface area contributed by atoms with Gasteiger partial charge in [0, 0.05) is 17.4 Å². The molecule has 0 unspecified atom stereocenters. The van der Waals surface area contributed by atoms with Gasteiger partial charge in [0.05, 0.1) is 21.1 Å². The number of amides is 1. The molecule has 0 saturated carbocycles. The molecule has 0 fully saturated rings. The lowest BCUT2D eigenvalue weighted by Gasteiger charge is -2.08. The molecule has 0 aliphatic carbocycles. The van der Waals surface area contributed by atoms with E-state index in [4.69, 9.17) is 51.1 Å². The summed E-state index contributed by atoms with van der Waals surface area (Å²) < 4.78 is 9.48. The van der Waals surface area contributed by atoms with Gasteiger partial charge in [-0.15, -0.1) is 0 Å². The van der Waals surface area contributed by atoms with Crippen molar-refractivity contribution in [1.82, 2.24) is 19.6 Å². The Balaban J connectivity index is 1.38. The minimum absolute atomic E-state index is 0.104. The summed E-state index contributed by atoms with van der Waals surface area (Å²) in [5.41, 5.74) is 1.07. The van der Waals surface area contributed by atoms with Gasteiger partial charge >= 0.3 is 0 Å². The van der Waals surface area contributed by atoms with Crippen LogP contribution in [0.25, 0.3) is 0 Å². The van der Waals surface area contributed by atoms with Gasteiger partial charge in [0.1, 0.15) is 10.8 Å². The maximum atomic E-state index is 12.6. The van der Waals surface area contributed by atoms with Crippen molar-refractivity contribution < 1.29 is 9.53 Å². The predicted molar refractivity (Wildman–Crippen MR) is 133 cm³/mol. The van der Waals surface area contributed by atoms with E-state index in [2.05, 4.69) is 31.4 Å². The average molecular weight is 590 g/mol. The molecule has 1 N–H and O–H groups in total. The van der Waals surface area contributed by atoms with Crippen LogP contribution in [0.15, 0.2) is 59.3 Å². The quantitative estimate of drug-likeness (QED) is 0.257. The fourth-order valence-electron chi connectivity index (χ4n) is 2.84. The molecule has 4 rings (SSSR count). The molecule has 0 radical (unpaired) electrons. The third-order valence-corrected chi connectivity index (χ3v) is 6.27. The maximum absolute atomic E-state index is 12.6. The van der Waals surface area contributed by atoms with Crippen molar-refractivity contribution in [2.45, 2.75) is 13.3 Å². The summed E-state index contributed by atoms with van der Waals surface area (Å²) in [6.45, 7) is 0.505. The summed E-state index contributed by atoms with van der Waals surface area (Å²) in [5, 5.41) is 13.0. The van der Waals surface area contributed by atoms with E-state index in [-0.39, 0.29) is 18.2 Å². The molecule has 1 amide bonds. The molecule has 12 heteroatoms. The first kappa shape index (κ1) is 23.9. The van der Waals surface area contributed by atoms with Gasteiger partial charge in [-0.1, -0.05) is 52.5 Å². The van der Waals surface area contributed by atoms with E-state index < -0.39 is 5.91 Å². The van der Waals surface area contributed by atoms with E-state index >= 15 is 0 Å². The van der Waals surface area contributed by atoms with Crippen molar-refractivity contribution >= 4 is 74.1 Å². The minimum Gasteiger partial charge on any atom is -0.470 e. The molecule has 33 heavy (non-hydrogen) atoms. The second-order valence-corrected chi connectivity index (χ2v) is 9.33. The van der Waals surface area contributed by atoms with Crippen LogP contribution in [-0.4, -0.2) is 25.5 Å². The highest BCUT2D eigenvalue weighted by molar-refractivity contribution is 9.10. The molecule has 0 bridgehead atoms. The van der Waals surface area contributed by atoms with Gasteiger partial charge in [-0.25, -0.2) is 4.68 Å². The summed E-state index contributed by atoms with van der Waals surface area (Å²) in [4.78, 5) is 12.6. The Morgan fingerprint density at radius 3 is 2.55 bits per heavy atom. The highest BCUT2D eigenvalue weighted by Crippen LogP contribution is 2.28. The number of halogens is 5. The van der Waals surface area contributed by atoms with Gasteiger partial charge in [0.15, 0.2) is 18.2 Å². The van der Waals surface area contributed by atoms with Crippen molar-refractivity contribution in [2.75, 3.05) is 5.32 Å². The third-order valence-electron chi connectivity index (χ3n) is 4.40. The second-order valence-electron chi connectivity index (χ2n) is 6.81. The zero-order valence-corrected chi connectivity index (χ0v) is 21.2. The SMILES string of the molecule is O=C(Nc1nn(Cc2ccc(Cl)c(Cl)c2)cc1Cl)c1ccn(COc2ccc(Cl)cc2Br)n1. The number of hydrogen-bond acceptors (Lipinski definition) is 4. The van der Waals surface area contributed by atoms with E-state index in [0.717, 1.165) is 5.56 Å². The predicted octanol–water partition coefficient (Wildman–Crippen LogP) is 6.79. The molecule has 2 aromatic carbocycles. The molecule has 2 heterocycles. The van der Waals surface area contributed by atoms with Crippen molar-refractivity contribution in [1.29, 1.82) is 0 Å². The maximum Gasteiger partial charge on any atom is 0.277 e. The molecule has 2 aromatic heterocycles. The van der Waals surface area contributed by atoms with Crippen LogP contribution in [0, 0.1) is 0 Å². The van der Waals surface area contributed by atoms with Gasteiger partial charge in [-0.05, 0) is 57.9 Å². The van der Waals surface area contributed by atoms with Crippen LogP contribution in [0.3, 0.4) is 0 Å². The molecule has 0 aliphatic heterocycles. The lowest BCUT2D eigenvalue weighted by Crippen LogP contribution is -2.15. The lowest BCUT2D eigenvalue weighted by atomic mass is 10.2. The van der Waals surface area contributed by atoms with Crippen molar-refractivity contribution in [3.05, 3.63) is 90.7 Å². The van der Waals surface area contributed by atoms with Crippen LogP contribution < -0.4 is 10.1 Å². The Bertz CT molecular complexity index is 1320. The van der Waals surface area contributed by atoms with Crippen LogP contribution >= 0.6 is 62.3 Å². The molecular weight excluding hydrogens is 576 g/mol. The number of nitrogens with zero attached hydrogens (tertiary/aromatic N) is 4. The largest absolute Gasteiger partial charge is 0.470 e. The van der Waals surface area contributed by atoms with E-state index in [9.17, 15) is 4.79 Å². The summed E-state index contributed by atoms with van der Waals surface area (Å²) in [7, 11) is 0. The Labute approximate surface area is 217 Å². The van der Waals surface area contributed by atoms with E-state index in [1.54, 1.807) is 53.5 Å². The Hall–Kier alpha value is -2.23. The summed E-state index contributed by atoms with van der Waals surface area (Å²) >= 11 is 27.6. The van der Waals surface area contributed by atoms with Crippen molar-refractivity contribution in [2.24, 2.45) is 0 Å². The smallest absolute Gasteiger partial charge is 0.277 e. The van der Waals surface area contributed by atoms with E-state index in [0.29, 0.717) is 36.9 Å². The van der Waals surface area contributed by atoms with Crippen LogP contribution in [0.4, 0.5) is 5.82 Å². The summed E-state index contributed by atoms with van der Waals surface area (Å²) in [6.07, 6.45) is 3.24. The zero-order chi connectivity index (χ0) is 23.5. The van der Waals surface area contributed by atoms with Gasteiger partial charge < -0.3 is 10.1 Å². The number of nitrogens with one attached hydrogen (secondary N) is 1. The summed E-state index contributed by atoms with van der Waals surface area (Å²) in [6, 6.07) is 12.0. The van der Waals surface area contributed by atoms with E-state index in [1.165, 1.54) is 4.68 Å². The van der Waals surface area contributed by atoms with Crippen molar-refractivity contribution in [3.63, 3.8) is 0 Å². The first-order chi connectivity index (χ1) is 15.8. The molecule has 4 aromatic rings. The highest BCUT2D eigenvalue weighted by atomic mass is 79.9. The minimum atomic E-state index is -0.455. The molecule has 0 saturated heterocycles. The van der Waals surface area contributed by atoms with Gasteiger partial charge in [0.2, 0.25) is 0 Å². The highest BCUT2D eigenvalue weighted by Gasteiger charge is 2.15. The molecule has 0 aliphatic rings. The Morgan fingerprint density at radius 1 is 0.970 bits per heavy atom. The summed E-state index contributed by atoms with van der Waals surface area (Å²) in [5.74, 6) is 0.362. The normalized spacial score (nSPS) is 10.9. The van der Waals surface area contributed by atoms with Crippen molar-refractivity contribution in [3.8, 4) is 5.75 Å². The second kappa shape index (κ2) is 10.4. The first-order valence-corrected chi connectivity index (χ1v) is 11.7. The number of carbonyl (C=O) groups excluding carboxylic acids is 1. The number of rotatable bonds is 7. The number of benzene rings is 2. The number of hydrogen-bond donors (Lipinski definition) is 1. The molecule has 170 valence electrons. The fourth-order valence-corrected chi connectivity index (χ4v) is 4.16. The first-order valence-electron chi connectivity index (χ1n) is 9.38. The monoisotopic (exact) mass is 587 g/mol. The van der Waals surface area contributed by atoms with E-state index in [1.807, 2.05) is 6.07 Å². The third kappa shape index (κ3) is 6.02. The number of anilines is 1. The van der Waals surface area contributed by atoms with Crippen LogP contribution in [0.1, 0.15) is 16.1 Å². The zero-order valence-electron chi connectivity index (χ0n) is 16.6. The van der Waals surface area contributed by atoms with Gasteiger partial charge in [0.25, 0.3) is 5.91 Å². The Kier molecular flexibility index (Phi) is 7.51.